The van der Waals surface area contributed by atoms with Crippen LogP contribution in [0.2, 0.25) is 0 Å². The number of esters is 1. The summed E-state index contributed by atoms with van der Waals surface area (Å²) in [4.78, 5) is 34.7. The number of anilines is 3. The van der Waals surface area contributed by atoms with Crippen molar-refractivity contribution in [3.8, 4) is 5.75 Å². The maximum Gasteiger partial charge on any atom is 0.320 e. The lowest BCUT2D eigenvalue weighted by molar-refractivity contribution is -0.145. The molecule has 0 radical (unpaired) electrons. The van der Waals surface area contributed by atoms with Crippen molar-refractivity contribution in [1.82, 2.24) is 14.9 Å². The van der Waals surface area contributed by atoms with Gasteiger partial charge in [-0.05, 0) is 49.7 Å². The minimum Gasteiger partial charge on any atom is -0.491 e. The average molecular weight is 570 g/mol. The topological polar surface area (TPSA) is 106 Å². The van der Waals surface area contributed by atoms with Crippen LogP contribution in [0.5, 0.6) is 5.75 Å². The lowest BCUT2D eigenvalue weighted by Crippen LogP contribution is -2.29. The van der Waals surface area contributed by atoms with Gasteiger partial charge < -0.3 is 20.1 Å². The van der Waals surface area contributed by atoms with Crippen molar-refractivity contribution < 1.29 is 19.1 Å². The number of rotatable bonds is 13. The quantitative estimate of drug-likeness (QED) is 0.165. The molecule has 37 heavy (non-hydrogen) atoms. The Hall–Kier alpha value is -3.50. The zero-order valence-corrected chi connectivity index (χ0v) is 22.9. The van der Waals surface area contributed by atoms with Gasteiger partial charge in [0.05, 0.1) is 31.0 Å². The summed E-state index contributed by atoms with van der Waals surface area (Å²) < 4.78 is 12.2. The molecule has 9 nitrogen and oxygen atoms in total. The van der Waals surface area contributed by atoms with Crippen LogP contribution in [0, 0.1) is 5.92 Å². The van der Waals surface area contributed by atoms with Gasteiger partial charge in [-0.25, -0.2) is 9.97 Å². The predicted molar refractivity (Wildman–Crippen MR) is 149 cm³/mol. The van der Waals surface area contributed by atoms with Crippen molar-refractivity contribution in [3.05, 3.63) is 59.9 Å². The van der Waals surface area contributed by atoms with Crippen LogP contribution in [0.15, 0.2) is 59.9 Å². The van der Waals surface area contributed by atoms with Crippen LogP contribution in [-0.4, -0.2) is 60.1 Å². The second-order valence-electron chi connectivity index (χ2n) is 8.93. The van der Waals surface area contributed by atoms with E-state index in [4.69, 9.17) is 9.47 Å². The van der Waals surface area contributed by atoms with Crippen LogP contribution >= 0.6 is 15.9 Å². The van der Waals surface area contributed by atoms with Crippen LogP contribution in [0.3, 0.4) is 0 Å². The fourth-order valence-electron chi connectivity index (χ4n) is 3.41. The van der Waals surface area contributed by atoms with Gasteiger partial charge in [0.15, 0.2) is 0 Å². The molecule has 2 aromatic carbocycles. The minimum atomic E-state index is -0.359. The molecule has 3 aromatic rings. The van der Waals surface area contributed by atoms with E-state index < -0.39 is 0 Å². The Kier molecular flexibility index (Phi) is 10.4. The van der Waals surface area contributed by atoms with Crippen molar-refractivity contribution in [2.45, 2.75) is 20.3 Å². The molecule has 0 spiro atoms. The number of nitrogens with one attached hydrogen (secondary N) is 2. The number of hydrogen-bond acceptors (Lipinski definition) is 8. The molecule has 1 heterocycles. The molecule has 0 aliphatic carbocycles. The first-order chi connectivity index (χ1) is 17.7. The van der Waals surface area contributed by atoms with Crippen molar-refractivity contribution in [2.75, 3.05) is 44.0 Å². The molecule has 0 fully saturated rings. The first kappa shape index (κ1) is 28.1. The third-order valence-corrected chi connectivity index (χ3v) is 5.68. The van der Waals surface area contributed by atoms with E-state index in [1.165, 1.54) is 12.4 Å². The maximum absolute atomic E-state index is 12.1. The molecular formula is C27H32BrN5O4. The smallest absolute Gasteiger partial charge is 0.320 e. The Bertz CT molecular complexity index is 1250. The molecule has 3 rings (SSSR count). The zero-order valence-electron chi connectivity index (χ0n) is 21.3. The summed E-state index contributed by atoms with van der Waals surface area (Å²) in [6.45, 7) is 9.18. The van der Waals surface area contributed by atoms with Crippen LogP contribution in [0.25, 0.3) is 10.9 Å². The third-order valence-electron chi connectivity index (χ3n) is 5.19. The molecule has 0 aliphatic heterocycles. The largest absolute Gasteiger partial charge is 0.491 e. The van der Waals surface area contributed by atoms with Crippen LogP contribution in [-0.2, 0) is 14.3 Å². The Balaban J connectivity index is 1.71. The lowest BCUT2D eigenvalue weighted by atomic mass is 10.1. The Morgan fingerprint density at radius 3 is 2.76 bits per heavy atom. The normalized spacial score (nSPS) is 11.0. The van der Waals surface area contributed by atoms with Gasteiger partial charge >= 0.3 is 5.97 Å². The number of amides is 1. The number of hydrogen-bond donors (Lipinski definition) is 2. The first-order valence-corrected chi connectivity index (χ1v) is 12.8. The molecule has 2 N–H and O–H groups in total. The zero-order chi connectivity index (χ0) is 26.8. The van der Waals surface area contributed by atoms with Gasteiger partial charge in [0.2, 0.25) is 5.91 Å². The Labute approximate surface area is 225 Å². The summed E-state index contributed by atoms with van der Waals surface area (Å²) in [5.41, 5.74) is 1.99. The second kappa shape index (κ2) is 13.7. The van der Waals surface area contributed by atoms with Crippen LogP contribution in [0.4, 0.5) is 17.2 Å². The summed E-state index contributed by atoms with van der Waals surface area (Å²) in [5.74, 6) is 0.775. The number of aromatic nitrogens is 2. The first-order valence-electron chi connectivity index (χ1n) is 12.0. The van der Waals surface area contributed by atoms with Crippen molar-refractivity contribution in [2.24, 2.45) is 5.92 Å². The molecular weight excluding hydrogens is 538 g/mol. The van der Waals surface area contributed by atoms with Gasteiger partial charge in [0.1, 0.15) is 17.9 Å². The SMILES string of the molecule is C=CC(=O)Nc1cc2c(Nc3cccc(Br)c3)ncnc2cc1OCCCN(C)CC(=O)OCC(C)C. The highest BCUT2D eigenvalue weighted by molar-refractivity contribution is 9.10. The molecule has 0 atom stereocenters. The third kappa shape index (κ3) is 8.83. The molecule has 196 valence electrons. The van der Waals surface area contributed by atoms with Gasteiger partial charge in [0, 0.05) is 28.2 Å². The Morgan fingerprint density at radius 2 is 2.03 bits per heavy atom. The van der Waals surface area contributed by atoms with Crippen molar-refractivity contribution in [3.63, 3.8) is 0 Å². The molecule has 1 aromatic heterocycles. The summed E-state index contributed by atoms with van der Waals surface area (Å²) in [7, 11) is 1.86. The monoisotopic (exact) mass is 569 g/mol. The van der Waals surface area contributed by atoms with Gasteiger partial charge in [-0.2, -0.15) is 0 Å². The number of fused-ring (bicyclic) bond motifs is 1. The number of carbonyl (C=O) groups is 2. The number of ether oxygens (including phenoxy) is 2. The van der Waals surface area contributed by atoms with Crippen LogP contribution < -0.4 is 15.4 Å². The van der Waals surface area contributed by atoms with E-state index in [0.717, 1.165) is 10.2 Å². The lowest BCUT2D eigenvalue weighted by Gasteiger charge is -2.18. The molecule has 1 amide bonds. The summed E-state index contributed by atoms with van der Waals surface area (Å²) in [6.07, 6.45) is 3.34. The van der Waals surface area contributed by atoms with E-state index in [2.05, 4.69) is 43.1 Å². The molecule has 0 saturated heterocycles. The van der Waals surface area contributed by atoms with Gasteiger partial charge in [-0.3, -0.25) is 14.5 Å². The van der Waals surface area contributed by atoms with E-state index >= 15 is 0 Å². The number of nitrogens with zero attached hydrogens (tertiary/aromatic N) is 3. The molecule has 0 bridgehead atoms. The number of carbonyl (C=O) groups excluding carboxylic acids is 2. The van der Waals surface area contributed by atoms with E-state index in [-0.39, 0.29) is 18.4 Å². The maximum atomic E-state index is 12.1. The van der Waals surface area contributed by atoms with Crippen molar-refractivity contribution >= 4 is 55.9 Å². The fourth-order valence-corrected chi connectivity index (χ4v) is 3.81. The summed E-state index contributed by atoms with van der Waals surface area (Å²) >= 11 is 3.47. The van der Waals surface area contributed by atoms with Crippen LogP contribution in [0.1, 0.15) is 20.3 Å². The number of halogens is 1. The summed E-state index contributed by atoms with van der Waals surface area (Å²) in [5, 5.41) is 6.82. The highest BCUT2D eigenvalue weighted by Crippen LogP contribution is 2.33. The minimum absolute atomic E-state index is 0.216. The second-order valence-corrected chi connectivity index (χ2v) is 9.85. The molecule has 0 aliphatic rings. The molecule has 10 heteroatoms. The van der Waals surface area contributed by atoms with E-state index in [9.17, 15) is 9.59 Å². The highest BCUT2D eigenvalue weighted by Gasteiger charge is 2.14. The standard InChI is InChI=1S/C27H32BrN5O4/c1-5-25(34)32-23-13-21-22(29-17-30-27(21)31-20-9-6-8-19(28)12-20)14-24(23)36-11-7-10-33(4)15-26(35)37-16-18(2)3/h5-6,8-9,12-14,17-18H,1,7,10-11,15-16H2,2-4H3,(H,32,34)(H,29,30,31). The number of likely N-dealkylation sites (N-methyl/N-ethyl adjacent to an activating group) is 1. The number of benzene rings is 2. The van der Waals surface area contributed by atoms with Gasteiger partial charge in [-0.15, -0.1) is 0 Å². The molecule has 0 unspecified atom stereocenters. The average Bonchev–Trinajstić information content (AvgIpc) is 2.85. The summed E-state index contributed by atoms with van der Waals surface area (Å²) in [6, 6.07) is 11.3. The fraction of sp³-hybridized carbons (Fsp3) is 0.333. The van der Waals surface area contributed by atoms with E-state index in [0.29, 0.717) is 60.3 Å². The highest BCUT2D eigenvalue weighted by atomic mass is 79.9. The van der Waals surface area contributed by atoms with Crippen molar-refractivity contribution in [1.29, 1.82) is 0 Å². The van der Waals surface area contributed by atoms with E-state index in [1.54, 1.807) is 12.1 Å². The Morgan fingerprint density at radius 1 is 1.22 bits per heavy atom. The predicted octanol–water partition coefficient (Wildman–Crippen LogP) is 5.16. The van der Waals surface area contributed by atoms with Gasteiger partial charge in [-0.1, -0.05) is 42.4 Å². The van der Waals surface area contributed by atoms with Gasteiger partial charge in [0.25, 0.3) is 0 Å². The van der Waals surface area contributed by atoms with E-state index in [1.807, 2.05) is 50.1 Å². The molecule has 0 saturated carbocycles.